The molecule has 32 heavy (non-hydrogen) atoms. The van der Waals surface area contributed by atoms with Crippen LogP contribution in [0.25, 0.3) is 0 Å². The van der Waals surface area contributed by atoms with Crippen molar-refractivity contribution in [3.05, 3.63) is 48.5 Å². The Morgan fingerprint density at radius 2 is 1.59 bits per heavy atom. The number of piperazine rings is 1. The van der Waals surface area contributed by atoms with Gasteiger partial charge in [-0.3, -0.25) is 9.69 Å². The van der Waals surface area contributed by atoms with Crippen LogP contribution in [0, 0.1) is 0 Å². The smallest absolute Gasteiger partial charge is 0.257 e. The number of carbonyl (C=O) groups excluding carboxylic acids is 1. The molecule has 0 unspecified atom stereocenters. The molecule has 0 saturated carbocycles. The molecule has 0 aliphatic carbocycles. The number of sulfonamides is 1. The minimum absolute atomic E-state index is 0.103. The lowest BCUT2D eigenvalue weighted by molar-refractivity contribution is -0.123. The van der Waals surface area contributed by atoms with Gasteiger partial charge in [0.25, 0.3) is 5.91 Å². The maximum Gasteiger partial charge on any atom is 0.257 e. The van der Waals surface area contributed by atoms with E-state index in [0.717, 1.165) is 0 Å². The number of carbonyl (C=O) groups is 1. The Morgan fingerprint density at radius 3 is 2.22 bits per heavy atom. The maximum atomic E-state index is 12.8. The number of benzene rings is 2. The van der Waals surface area contributed by atoms with Crippen molar-refractivity contribution in [1.29, 1.82) is 0 Å². The summed E-state index contributed by atoms with van der Waals surface area (Å²) in [6, 6.07) is 13.5. The summed E-state index contributed by atoms with van der Waals surface area (Å²) in [5.41, 5.74) is 0. The largest absolute Gasteiger partial charge is 0.497 e. The Hall–Kier alpha value is -2.82. The monoisotopic (exact) mass is 463 g/mol. The number of para-hydroxylation sites is 2. The Bertz CT molecular complexity index is 989. The molecule has 1 aliphatic heterocycles. The second kappa shape index (κ2) is 11.2. The van der Waals surface area contributed by atoms with Crippen LogP contribution in [0.3, 0.4) is 0 Å². The predicted octanol–water partition coefficient (Wildman–Crippen LogP) is 1.21. The van der Waals surface area contributed by atoms with Crippen molar-refractivity contribution in [3.63, 3.8) is 0 Å². The summed E-state index contributed by atoms with van der Waals surface area (Å²) < 4.78 is 42.9. The van der Waals surface area contributed by atoms with Crippen LogP contribution in [-0.4, -0.2) is 83.6 Å². The van der Waals surface area contributed by atoms with Crippen molar-refractivity contribution in [2.24, 2.45) is 0 Å². The van der Waals surface area contributed by atoms with Crippen molar-refractivity contribution in [2.45, 2.75) is 4.90 Å². The highest BCUT2D eigenvalue weighted by molar-refractivity contribution is 7.89. The number of rotatable bonds is 10. The molecular formula is C22H29N3O6S. The second-order valence-electron chi connectivity index (χ2n) is 7.21. The molecule has 0 spiro atoms. The zero-order chi connectivity index (χ0) is 23.0. The third-order valence-corrected chi connectivity index (χ3v) is 7.12. The summed E-state index contributed by atoms with van der Waals surface area (Å²) in [6.07, 6.45) is 0. The van der Waals surface area contributed by atoms with E-state index in [1.165, 1.54) is 4.31 Å². The lowest BCUT2D eigenvalue weighted by Gasteiger charge is -2.34. The van der Waals surface area contributed by atoms with E-state index in [-0.39, 0.29) is 17.4 Å². The molecule has 1 aliphatic rings. The Morgan fingerprint density at radius 1 is 0.938 bits per heavy atom. The zero-order valence-electron chi connectivity index (χ0n) is 18.3. The van der Waals surface area contributed by atoms with Crippen LogP contribution in [0.4, 0.5) is 0 Å². The van der Waals surface area contributed by atoms with Gasteiger partial charge in [0.1, 0.15) is 5.75 Å². The SMILES string of the molecule is COc1ccc(S(=O)(=O)N2CCN(CCNC(=O)COc3ccccc3OC)CC2)cc1. The second-order valence-corrected chi connectivity index (χ2v) is 9.15. The number of hydrogen-bond acceptors (Lipinski definition) is 7. The first-order valence-electron chi connectivity index (χ1n) is 10.3. The molecule has 1 fully saturated rings. The molecule has 1 saturated heterocycles. The van der Waals surface area contributed by atoms with Crippen LogP contribution >= 0.6 is 0 Å². The van der Waals surface area contributed by atoms with Gasteiger partial charge < -0.3 is 19.5 Å². The Balaban J connectivity index is 1.39. The van der Waals surface area contributed by atoms with Gasteiger partial charge in [0, 0.05) is 39.3 Å². The molecule has 1 heterocycles. The number of hydrogen-bond donors (Lipinski definition) is 1. The Kier molecular flexibility index (Phi) is 8.32. The quantitative estimate of drug-likeness (QED) is 0.566. The highest BCUT2D eigenvalue weighted by Gasteiger charge is 2.28. The zero-order valence-corrected chi connectivity index (χ0v) is 19.1. The van der Waals surface area contributed by atoms with E-state index in [0.29, 0.717) is 56.5 Å². The first-order chi connectivity index (χ1) is 15.4. The number of nitrogens with zero attached hydrogens (tertiary/aromatic N) is 2. The first-order valence-corrected chi connectivity index (χ1v) is 11.8. The summed E-state index contributed by atoms with van der Waals surface area (Å²) in [5, 5.41) is 2.83. The lowest BCUT2D eigenvalue weighted by atomic mass is 10.3. The van der Waals surface area contributed by atoms with Crippen LogP contribution in [-0.2, 0) is 14.8 Å². The average molecular weight is 464 g/mol. The van der Waals surface area contributed by atoms with Crippen LogP contribution < -0.4 is 19.5 Å². The summed E-state index contributed by atoms with van der Waals surface area (Å²) >= 11 is 0. The van der Waals surface area contributed by atoms with Gasteiger partial charge in [-0.1, -0.05) is 12.1 Å². The molecule has 174 valence electrons. The summed E-state index contributed by atoms with van der Waals surface area (Å²) in [7, 11) is -0.443. The van der Waals surface area contributed by atoms with Crippen LogP contribution in [0.1, 0.15) is 0 Å². The van der Waals surface area contributed by atoms with Gasteiger partial charge in [0.15, 0.2) is 18.1 Å². The third-order valence-electron chi connectivity index (χ3n) is 5.21. The number of nitrogens with one attached hydrogen (secondary N) is 1. The predicted molar refractivity (Wildman–Crippen MR) is 120 cm³/mol. The van der Waals surface area contributed by atoms with E-state index < -0.39 is 10.0 Å². The van der Waals surface area contributed by atoms with Crippen molar-refractivity contribution < 1.29 is 27.4 Å². The normalized spacial score (nSPS) is 15.2. The van der Waals surface area contributed by atoms with Crippen LogP contribution in [0.2, 0.25) is 0 Å². The number of amides is 1. The lowest BCUT2D eigenvalue weighted by Crippen LogP contribution is -2.50. The van der Waals surface area contributed by atoms with Gasteiger partial charge >= 0.3 is 0 Å². The van der Waals surface area contributed by atoms with Gasteiger partial charge in [0.05, 0.1) is 19.1 Å². The highest BCUT2D eigenvalue weighted by Crippen LogP contribution is 2.25. The van der Waals surface area contributed by atoms with Crippen molar-refractivity contribution in [1.82, 2.24) is 14.5 Å². The fraction of sp³-hybridized carbons (Fsp3) is 0.409. The molecule has 0 aromatic heterocycles. The van der Waals surface area contributed by atoms with Gasteiger partial charge in [-0.2, -0.15) is 4.31 Å². The maximum absolute atomic E-state index is 12.8. The van der Waals surface area contributed by atoms with Gasteiger partial charge in [-0.25, -0.2) is 8.42 Å². The summed E-state index contributed by atoms with van der Waals surface area (Å²) in [4.78, 5) is 14.4. The van der Waals surface area contributed by atoms with Gasteiger partial charge in [-0.15, -0.1) is 0 Å². The topological polar surface area (TPSA) is 97.4 Å². The van der Waals surface area contributed by atoms with E-state index in [2.05, 4.69) is 10.2 Å². The molecule has 1 amide bonds. The van der Waals surface area contributed by atoms with E-state index in [1.807, 2.05) is 12.1 Å². The van der Waals surface area contributed by atoms with Crippen LogP contribution in [0.5, 0.6) is 17.2 Å². The van der Waals surface area contributed by atoms with Crippen LogP contribution in [0.15, 0.2) is 53.4 Å². The fourth-order valence-corrected chi connectivity index (χ4v) is 4.80. The third kappa shape index (κ3) is 6.12. The molecule has 0 atom stereocenters. The molecule has 0 bridgehead atoms. The summed E-state index contributed by atoms with van der Waals surface area (Å²) in [5.74, 6) is 1.47. The van der Waals surface area contributed by atoms with E-state index in [1.54, 1.807) is 50.6 Å². The molecule has 9 nitrogen and oxygen atoms in total. The molecule has 2 aromatic rings. The Labute approximate surface area is 188 Å². The summed E-state index contributed by atoms with van der Waals surface area (Å²) in [6.45, 7) is 2.99. The number of ether oxygens (including phenoxy) is 3. The average Bonchev–Trinajstić information content (AvgIpc) is 2.83. The van der Waals surface area contributed by atoms with E-state index in [9.17, 15) is 13.2 Å². The molecule has 0 radical (unpaired) electrons. The number of methoxy groups -OCH3 is 2. The molecule has 2 aromatic carbocycles. The van der Waals surface area contributed by atoms with Crippen molar-refractivity contribution in [2.75, 3.05) is 60.1 Å². The molecular weight excluding hydrogens is 434 g/mol. The molecule has 10 heteroatoms. The minimum Gasteiger partial charge on any atom is -0.497 e. The minimum atomic E-state index is -3.53. The van der Waals surface area contributed by atoms with Crippen molar-refractivity contribution in [3.8, 4) is 17.2 Å². The van der Waals surface area contributed by atoms with Gasteiger partial charge in [0.2, 0.25) is 10.0 Å². The van der Waals surface area contributed by atoms with Crippen molar-refractivity contribution >= 4 is 15.9 Å². The highest BCUT2D eigenvalue weighted by atomic mass is 32.2. The van der Waals surface area contributed by atoms with E-state index in [4.69, 9.17) is 14.2 Å². The van der Waals surface area contributed by atoms with Gasteiger partial charge in [-0.05, 0) is 36.4 Å². The molecule has 3 rings (SSSR count). The molecule has 1 N–H and O–H groups in total. The fourth-order valence-electron chi connectivity index (χ4n) is 3.38. The van der Waals surface area contributed by atoms with E-state index >= 15 is 0 Å². The standard InChI is InChI=1S/C22H29N3O6S/c1-29-18-7-9-19(10-8-18)32(27,28)25-15-13-24(14-16-25)12-11-23-22(26)17-31-21-6-4-3-5-20(21)30-2/h3-10H,11-17H2,1-2H3,(H,23,26). The first kappa shape index (κ1) is 23.8.